The zero-order chi connectivity index (χ0) is 32.8. The summed E-state index contributed by atoms with van der Waals surface area (Å²) in [4.78, 5) is 43.6. The quantitative estimate of drug-likeness (QED) is 0.0454. The minimum atomic E-state index is -0.628. The number of carbonyl (C=O) groups excluding carboxylic acids is 2. The molecule has 0 unspecified atom stereocenters. The number of hydrogen-bond acceptors (Lipinski definition) is 11. The summed E-state index contributed by atoms with van der Waals surface area (Å²) < 4.78 is 22.2. The molecule has 3 rings (SSSR count). The first-order valence-corrected chi connectivity index (χ1v) is 14.4. The van der Waals surface area contributed by atoms with E-state index in [2.05, 4.69) is 15.6 Å². The summed E-state index contributed by atoms with van der Waals surface area (Å²) in [5, 5.41) is 13.3. The van der Waals surface area contributed by atoms with E-state index in [0.717, 1.165) is 5.56 Å². The third-order valence-electron chi connectivity index (χ3n) is 6.29. The van der Waals surface area contributed by atoms with Crippen molar-refractivity contribution >= 4 is 29.2 Å². The summed E-state index contributed by atoms with van der Waals surface area (Å²) in [6.07, 6.45) is 1.45. The van der Waals surface area contributed by atoms with Crippen LogP contribution < -0.4 is 27.7 Å². The summed E-state index contributed by atoms with van der Waals surface area (Å²) >= 11 is 0. The van der Waals surface area contributed by atoms with Gasteiger partial charge in [-0.3, -0.25) is 19.6 Å². The Morgan fingerprint density at radius 1 is 0.978 bits per heavy atom. The molecule has 0 radical (unpaired) electrons. The zero-order valence-electron chi connectivity index (χ0n) is 25.8. The molecule has 14 heteroatoms. The number of methoxy groups -OCH3 is 1. The first-order valence-electron chi connectivity index (χ1n) is 14.4. The van der Waals surface area contributed by atoms with Gasteiger partial charge in [0.15, 0.2) is 5.82 Å². The summed E-state index contributed by atoms with van der Waals surface area (Å²) in [5.74, 6) is -1.03. The number of hydrogen-bond donors (Lipinski definition) is 5. The monoisotopic (exact) mass is 623 g/mol. The normalized spacial score (nSPS) is 10.9. The van der Waals surface area contributed by atoms with Gasteiger partial charge < -0.3 is 41.0 Å². The zero-order valence-corrected chi connectivity index (χ0v) is 25.8. The Morgan fingerprint density at radius 3 is 2.29 bits per heavy atom. The number of nitrogens with two attached hydrogens (primary N) is 2. The topological polar surface area (TPSA) is 206 Å². The first kappa shape index (κ1) is 34.7. The number of amidine groups is 1. The van der Waals surface area contributed by atoms with Gasteiger partial charge in [-0.2, -0.15) is 0 Å². The number of nitrogens with one attached hydrogen (secondary N) is 3. The van der Waals surface area contributed by atoms with Crippen LogP contribution in [0.1, 0.15) is 35.3 Å². The maximum Gasteiger partial charge on any atom is 0.338 e. The van der Waals surface area contributed by atoms with Crippen molar-refractivity contribution in [1.29, 1.82) is 5.41 Å². The van der Waals surface area contributed by atoms with E-state index in [1.807, 2.05) is 13.8 Å². The maximum atomic E-state index is 13.5. The molecule has 3 aromatic rings. The highest BCUT2D eigenvalue weighted by molar-refractivity contribution is 5.95. The van der Waals surface area contributed by atoms with Crippen LogP contribution in [0.4, 0.5) is 11.5 Å². The van der Waals surface area contributed by atoms with E-state index in [1.165, 1.54) is 22.9 Å². The molecular weight excluding hydrogens is 582 g/mol. The van der Waals surface area contributed by atoms with Crippen molar-refractivity contribution in [1.82, 2.24) is 14.9 Å². The van der Waals surface area contributed by atoms with Gasteiger partial charge in [0.2, 0.25) is 5.91 Å². The second-order valence-corrected chi connectivity index (χ2v) is 10.3. The first-order chi connectivity index (χ1) is 21.6. The Labute approximate surface area is 261 Å². The van der Waals surface area contributed by atoms with Gasteiger partial charge in [-0.05, 0) is 37.6 Å². The fraction of sp³-hybridized carbons (Fsp3) is 0.387. The molecule has 0 aliphatic heterocycles. The van der Waals surface area contributed by atoms with Gasteiger partial charge in [-0.1, -0.05) is 24.3 Å². The van der Waals surface area contributed by atoms with Gasteiger partial charge in [0.1, 0.15) is 19.0 Å². The standard InChI is InChI=1S/C31H41N7O7/c1-20(2)37-29-30(40)38(19-27(39)35-17-21-4-6-22(7-5-21)28(33)34)26(18-36-29)23-14-24(16-25(32)15-23)31(41)45-13-12-44-11-10-43-9-8-42-3/h4-7,14-16,18,20H,8-13,17,19,32H2,1-3H3,(H3,33,34)(H,35,39)(H,36,37). The van der Waals surface area contributed by atoms with Crippen LogP contribution in [0.5, 0.6) is 0 Å². The molecule has 0 spiro atoms. The second kappa shape index (κ2) is 17.5. The summed E-state index contributed by atoms with van der Waals surface area (Å²) in [5.41, 5.74) is 13.6. The lowest BCUT2D eigenvalue weighted by Gasteiger charge is -2.17. The third-order valence-corrected chi connectivity index (χ3v) is 6.29. The van der Waals surface area contributed by atoms with Crippen LogP contribution in [0, 0.1) is 5.41 Å². The molecule has 0 bridgehead atoms. The number of benzene rings is 2. The maximum absolute atomic E-state index is 13.5. The molecule has 1 aromatic heterocycles. The number of carbonyl (C=O) groups is 2. The fourth-order valence-corrected chi connectivity index (χ4v) is 4.11. The highest BCUT2D eigenvalue weighted by Gasteiger charge is 2.18. The lowest BCUT2D eigenvalue weighted by Crippen LogP contribution is -2.35. The van der Waals surface area contributed by atoms with Crippen molar-refractivity contribution in [2.75, 3.05) is 57.8 Å². The molecular formula is C31H41N7O7. The molecule has 0 atom stereocenters. The molecule has 0 saturated carbocycles. The van der Waals surface area contributed by atoms with Crippen molar-refractivity contribution in [2.45, 2.75) is 33.0 Å². The van der Waals surface area contributed by atoms with Gasteiger partial charge >= 0.3 is 5.97 Å². The van der Waals surface area contributed by atoms with Gasteiger partial charge in [0, 0.05) is 36.5 Å². The van der Waals surface area contributed by atoms with E-state index in [0.29, 0.717) is 37.6 Å². The minimum absolute atomic E-state index is 0.0144. The van der Waals surface area contributed by atoms with Crippen LogP contribution in [-0.4, -0.2) is 80.1 Å². The van der Waals surface area contributed by atoms with Crippen LogP contribution in [0.25, 0.3) is 11.3 Å². The molecule has 0 aliphatic rings. The minimum Gasteiger partial charge on any atom is -0.460 e. The summed E-state index contributed by atoms with van der Waals surface area (Å²) in [6, 6.07) is 11.4. The van der Waals surface area contributed by atoms with E-state index in [4.69, 9.17) is 35.8 Å². The van der Waals surface area contributed by atoms with Crippen molar-refractivity contribution in [3.8, 4) is 11.3 Å². The lowest BCUT2D eigenvalue weighted by atomic mass is 10.1. The number of nitrogens with zero attached hydrogens (tertiary/aromatic N) is 2. The fourth-order valence-electron chi connectivity index (χ4n) is 4.11. The van der Waals surface area contributed by atoms with E-state index >= 15 is 0 Å². The molecule has 14 nitrogen and oxygen atoms in total. The molecule has 0 aliphatic carbocycles. The molecule has 2 aromatic carbocycles. The highest BCUT2D eigenvalue weighted by Crippen LogP contribution is 2.24. The van der Waals surface area contributed by atoms with Crippen LogP contribution in [0.2, 0.25) is 0 Å². The van der Waals surface area contributed by atoms with Gasteiger partial charge in [-0.25, -0.2) is 9.78 Å². The Hall–Kier alpha value is -4.79. The highest BCUT2D eigenvalue weighted by atomic mass is 16.6. The molecule has 0 saturated heterocycles. The van der Waals surface area contributed by atoms with Gasteiger partial charge in [-0.15, -0.1) is 0 Å². The Kier molecular flexibility index (Phi) is 13.5. The van der Waals surface area contributed by atoms with Gasteiger partial charge in [0.05, 0.1) is 50.5 Å². The van der Waals surface area contributed by atoms with E-state index in [1.54, 1.807) is 37.4 Å². The number of aromatic nitrogens is 2. The number of amides is 1. The molecule has 1 heterocycles. The Bertz CT molecular complexity index is 1510. The van der Waals surface area contributed by atoms with Gasteiger partial charge in [0.25, 0.3) is 5.56 Å². The number of anilines is 2. The Morgan fingerprint density at radius 2 is 1.64 bits per heavy atom. The van der Waals surface area contributed by atoms with Crippen molar-refractivity contribution in [2.24, 2.45) is 5.73 Å². The van der Waals surface area contributed by atoms with Crippen LogP contribution in [0.15, 0.2) is 53.5 Å². The molecule has 7 N–H and O–H groups in total. The van der Waals surface area contributed by atoms with Crippen LogP contribution in [-0.2, 0) is 36.8 Å². The predicted molar refractivity (Wildman–Crippen MR) is 170 cm³/mol. The average Bonchev–Trinajstić information content (AvgIpc) is 3.00. The number of ether oxygens (including phenoxy) is 4. The van der Waals surface area contributed by atoms with Crippen LogP contribution in [0.3, 0.4) is 0 Å². The molecule has 242 valence electrons. The second-order valence-electron chi connectivity index (χ2n) is 10.3. The SMILES string of the molecule is COCCOCCOCCOC(=O)c1cc(N)cc(-c2cnc(NC(C)C)c(=O)n2CC(=O)NCc2ccc(C(=N)N)cc2)c1. The van der Waals surface area contributed by atoms with Crippen LogP contribution >= 0.6 is 0 Å². The predicted octanol–water partition coefficient (Wildman–Crippen LogP) is 1.75. The van der Waals surface area contributed by atoms with E-state index in [-0.39, 0.29) is 60.9 Å². The van der Waals surface area contributed by atoms with Crippen molar-refractivity contribution in [3.05, 3.63) is 75.7 Å². The van der Waals surface area contributed by atoms with Crippen molar-refractivity contribution in [3.63, 3.8) is 0 Å². The van der Waals surface area contributed by atoms with E-state index in [9.17, 15) is 14.4 Å². The Balaban J connectivity index is 1.74. The largest absolute Gasteiger partial charge is 0.460 e. The average molecular weight is 624 g/mol. The number of esters is 1. The summed E-state index contributed by atoms with van der Waals surface area (Å²) in [6.45, 7) is 5.49. The molecule has 0 fully saturated rings. The lowest BCUT2D eigenvalue weighted by molar-refractivity contribution is -0.121. The number of rotatable bonds is 18. The third kappa shape index (κ3) is 11.0. The smallest absolute Gasteiger partial charge is 0.338 e. The molecule has 45 heavy (non-hydrogen) atoms. The van der Waals surface area contributed by atoms with Crippen molar-refractivity contribution < 1.29 is 28.5 Å². The van der Waals surface area contributed by atoms with E-state index < -0.39 is 17.4 Å². The number of nitrogen functional groups attached to an aromatic ring is 2. The summed E-state index contributed by atoms with van der Waals surface area (Å²) in [7, 11) is 1.59. The molecule has 1 amide bonds.